The van der Waals surface area contributed by atoms with Gasteiger partial charge in [0.15, 0.2) is 5.17 Å². The van der Waals surface area contributed by atoms with Crippen LogP contribution in [0.3, 0.4) is 0 Å². The lowest BCUT2D eigenvalue weighted by molar-refractivity contribution is 0.415. The average Bonchev–Trinajstić information content (AvgIpc) is 2.55. The Morgan fingerprint density at radius 3 is 2.43 bits per heavy atom. The SMILES string of the molecule is COc1ccc(/C=N\NC(=Nc2ccccc2)SC)cc1. The molecule has 0 saturated heterocycles. The zero-order valence-corrected chi connectivity index (χ0v) is 12.8. The van der Waals surface area contributed by atoms with E-state index in [2.05, 4.69) is 15.5 Å². The number of nitrogens with zero attached hydrogens (tertiary/aromatic N) is 2. The van der Waals surface area contributed by atoms with Gasteiger partial charge in [-0.2, -0.15) is 5.10 Å². The van der Waals surface area contributed by atoms with Crippen LogP contribution in [0.4, 0.5) is 5.69 Å². The second-order valence-electron chi connectivity index (χ2n) is 4.10. The van der Waals surface area contributed by atoms with Gasteiger partial charge in [-0.05, 0) is 48.2 Å². The molecule has 0 aliphatic rings. The van der Waals surface area contributed by atoms with Crippen molar-refractivity contribution in [2.75, 3.05) is 13.4 Å². The van der Waals surface area contributed by atoms with Crippen molar-refractivity contribution in [2.45, 2.75) is 0 Å². The Labute approximate surface area is 128 Å². The molecule has 0 amide bonds. The van der Waals surface area contributed by atoms with Crippen molar-refractivity contribution >= 4 is 28.8 Å². The van der Waals surface area contributed by atoms with Crippen LogP contribution in [0.1, 0.15) is 5.56 Å². The van der Waals surface area contributed by atoms with Crippen molar-refractivity contribution in [3.05, 3.63) is 60.2 Å². The summed E-state index contributed by atoms with van der Waals surface area (Å²) in [6.45, 7) is 0. The molecule has 4 nitrogen and oxygen atoms in total. The van der Waals surface area contributed by atoms with Crippen LogP contribution in [0.15, 0.2) is 64.7 Å². The maximum absolute atomic E-state index is 5.11. The molecule has 21 heavy (non-hydrogen) atoms. The number of hydrogen-bond donors (Lipinski definition) is 1. The summed E-state index contributed by atoms with van der Waals surface area (Å²) in [5, 5.41) is 4.94. The molecule has 0 fully saturated rings. The van der Waals surface area contributed by atoms with Crippen LogP contribution in [0.5, 0.6) is 5.75 Å². The highest BCUT2D eigenvalue weighted by Crippen LogP contribution is 2.12. The molecule has 2 aromatic rings. The third-order valence-corrected chi connectivity index (χ3v) is 3.24. The number of aliphatic imine (C=N–C) groups is 1. The summed E-state index contributed by atoms with van der Waals surface area (Å²) in [4.78, 5) is 4.47. The van der Waals surface area contributed by atoms with E-state index in [9.17, 15) is 0 Å². The predicted molar refractivity (Wildman–Crippen MR) is 90.8 cm³/mol. The molecule has 5 heteroatoms. The van der Waals surface area contributed by atoms with Crippen LogP contribution in [-0.2, 0) is 0 Å². The Morgan fingerprint density at radius 2 is 1.81 bits per heavy atom. The quantitative estimate of drug-likeness (QED) is 0.532. The maximum Gasteiger partial charge on any atom is 0.182 e. The molecule has 0 bridgehead atoms. The van der Waals surface area contributed by atoms with Gasteiger partial charge in [0.25, 0.3) is 0 Å². The third kappa shape index (κ3) is 4.96. The Balaban J connectivity index is 1.99. The van der Waals surface area contributed by atoms with Gasteiger partial charge in [0, 0.05) is 0 Å². The fourth-order valence-electron chi connectivity index (χ4n) is 1.59. The molecule has 0 saturated carbocycles. The van der Waals surface area contributed by atoms with E-state index < -0.39 is 0 Å². The van der Waals surface area contributed by atoms with E-state index in [0.717, 1.165) is 22.2 Å². The van der Waals surface area contributed by atoms with Crippen molar-refractivity contribution < 1.29 is 4.74 Å². The average molecular weight is 299 g/mol. The molecule has 0 radical (unpaired) electrons. The van der Waals surface area contributed by atoms with Crippen molar-refractivity contribution in [1.82, 2.24) is 5.43 Å². The highest BCUT2D eigenvalue weighted by Gasteiger charge is 1.95. The van der Waals surface area contributed by atoms with Crippen molar-refractivity contribution in [3.8, 4) is 5.75 Å². The second-order valence-corrected chi connectivity index (χ2v) is 4.89. The molecule has 0 atom stereocenters. The molecule has 2 rings (SSSR count). The molecule has 0 spiro atoms. The highest BCUT2D eigenvalue weighted by atomic mass is 32.2. The predicted octanol–water partition coefficient (Wildman–Crippen LogP) is 3.67. The van der Waals surface area contributed by atoms with Gasteiger partial charge in [-0.15, -0.1) is 0 Å². The van der Waals surface area contributed by atoms with Gasteiger partial charge in [-0.25, -0.2) is 4.99 Å². The molecule has 0 unspecified atom stereocenters. The number of nitrogens with one attached hydrogen (secondary N) is 1. The smallest absolute Gasteiger partial charge is 0.182 e. The van der Waals surface area contributed by atoms with E-state index in [0.29, 0.717) is 0 Å². The van der Waals surface area contributed by atoms with Crippen LogP contribution in [0.25, 0.3) is 0 Å². The number of hydrogen-bond acceptors (Lipinski definition) is 4. The molecule has 0 aliphatic heterocycles. The van der Waals surface area contributed by atoms with Crippen LogP contribution >= 0.6 is 11.8 Å². The molecule has 0 heterocycles. The zero-order valence-electron chi connectivity index (χ0n) is 12.0. The van der Waals surface area contributed by atoms with E-state index in [1.807, 2.05) is 60.9 Å². The first-order chi connectivity index (χ1) is 10.3. The van der Waals surface area contributed by atoms with E-state index in [4.69, 9.17) is 4.74 Å². The van der Waals surface area contributed by atoms with Gasteiger partial charge in [0.2, 0.25) is 0 Å². The molecule has 0 aromatic heterocycles. The van der Waals surface area contributed by atoms with Crippen molar-refractivity contribution in [3.63, 3.8) is 0 Å². The molecular formula is C16H17N3OS. The van der Waals surface area contributed by atoms with Crippen LogP contribution in [0.2, 0.25) is 0 Å². The molecule has 108 valence electrons. The number of para-hydroxylation sites is 1. The number of thioether (sulfide) groups is 1. The Hall–Kier alpha value is -2.27. The Kier molecular flexibility index (Phi) is 5.84. The molecule has 2 aromatic carbocycles. The van der Waals surface area contributed by atoms with Crippen LogP contribution in [0, 0.1) is 0 Å². The molecule has 0 aliphatic carbocycles. The number of benzene rings is 2. The van der Waals surface area contributed by atoms with Gasteiger partial charge in [0.1, 0.15) is 5.75 Å². The van der Waals surface area contributed by atoms with Gasteiger partial charge >= 0.3 is 0 Å². The topological polar surface area (TPSA) is 46.0 Å². The zero-order chi connectivity index (χ0) is 14.9. The maximum atomic E-state index is 5.11. The minimum absolute atomic E-state index is 0.742. The minimum atomic E-state index is 0.742. The van der Waals surface area contributed by atoms with Crippen molar-refractivity contribution in [1.29, 1.82) is 0 Å². The van der Waals surface area contributed by atoms with E-state index in [-0.39, 0.29) is 0 Å². The van der Waals surface area contributed by atoms with Crippen molar-refractivity contribution in [2.24, 2.45) is 10.1 Å². The summed E-state index contributed by atoms with van der Waals surface area (Å²) >= 11 is 1.51. The Bertz CT molecular complexity index is 609. The van der Waals surface area contributed by atoms with E-state index >= 15 is 0 Å². The number of ether oxygens (including phenoxy) is 1. The number of methoxy groups -OCH3 is 1. The fourth-order valence-corrected chi connectivity index (χ4v) is 1.93. The first-order valence-corrected chi connectivity index (χ1v) is 7.65. The monoisotopic (exact) mass is 299 g/mol. The summed E-state index contributed by atoms with van der Waals surface area (Å²) in [7, 11) is 1.65. The van der Waals surface area contributed by atoms with E-state index in [1.54, 1.807) is 13.3 Å². The minimum Gasteiger partial charge on any atom is -0.497 e. The summed E-state index contributed by atoms with van der Waals surface area (Å²) in [6, 6.07) is 17.5. The largest absolute Gasteiger partial charge is 0.497 e. The first-order valence-electron chi connectivity index (χ1n) is 6.42. The lowest BCUT2D eigenvalue weighted by atomic mass is 10.2. The third-order valence-electron chi connectivity index (χ3n) is 2.67. The van der Waals surface area contributed by atoms with Crippen LogP contribution < -0.4 is 10.2 Å². The molecular weight excluding hydrogens is 282 g/mol. The van der Waals surface area contributed by atoms with E-state index in [1.165, 1.54) is 11.8 Å². The highest BCUT2D eigenvalue weighted by molar-refractivity contribution is 8.13. The number of hydrazone groups is 1. The lowest BCUT2D eigenvalue weighted by Gasteiger charge is -2.02. The first kappa shape index (κ1) is 15.1. The fraction of sp³-hybridized carbons (Fsp3) is 0.125. The second kappa shape index (κ2) is 8.11. The summed E-state index contributed by atoms with van der Waals surface area (Å²) in [6.07, 6.45) is 3.70. The lowest BCUT2D eigenvalue weighted by Crippen LogP contribution is -2.13. The normalized spacial score (nSPS) is 11.6. The number of amidine groups is 1. The van der Waals surface area contributed by atoms with Crippen LogP contribution in [-0.4, -0.2) is 24.7 Å². The van der Waals surface area contributed by atoms with Gasteiger partial charge in [-0.1, -0.05) is 30.0 Å². The Morgan fingerprint density at radius 1 is 1.10 bits per heavy atom. The summed E-state index contributed by atoms with van der Waals surface area (Å²) in [5.41, 5.74) is 4.83. The van der Waals surface area contributed by atoms with Gasteiger partial charge in [-0.3, -0.25) is 5.43 Å². The summed E-state index contributed by atoms with van der Waals surface area (Å²) in [5.74, 6) is 0.829. The number of rotatable bonds is 4. The summed E-state index contributed by atoms with van der Waals surface area (Å²) < 4.78 is 5.11. The standard InChI is InChI=1S/C16H17N3OS/c1-20-15-10-8-13(9-11-15)12-17-19-16(21-2)18-14-6-4-3-5-7-14/h3-12H,1-2H3,(H,18,19)/b17-12-. The van der Waals surface area contributed by atoms with Gasteiger partial charge in [0.05, 0.1) is 19.0 Å². The molecule has 1 N–H and O–H groups in total. The van der Waals surface area contributed by atoms with Gasteiger partial charge < -0.3 is 4.74 Å².